The molecule has 1 aliphatic rings. The molecule has 0 spiro atoms. The van der Waals surface area contributed by atoms with E-state index < -0.39 is 0 Å². The summed E-state index contributed by atoms with van der Waals surface area (Å²) in [5.41, 5.74) is 9.04. The fourth-order valence-electron chi connectivity index (χ4n) is 5.98. The Kier molecular flexibility index (Phi) is 4.60. The van der Waals surface area contributed by atoms with Crippen LogP contribution in [0.5, 0.6) is 11.5 Å². The molecule has 6 aromatic rings. The van der Waals surface area contributed by atoms with Gasteiger partial charge in [-0.1, -0.05) is 24.3 Å². The van der Waals surface area contributed by atoms with E-state index in [1.807, 2.05) is 60.7 Å². The third-order valence-electron chi connectivity index (χ3n) is 7.61. The summed E-state index contributed by atoms with van der Waals surface area (Å²) in [6, 6.07) is 30.3. The molecule has 2 heterocycles. The van der Waals surface area contributed by atoms with Gasteiger partial charge in [-0.25, -0.2) is 0 Å². The first kappa shape index (κ1) is 21.8. The van der Waals surface area contributed by atoms with Gasteiger partial charge in [0.2, 0.25) is 0 Å². The Morgan fingerprint density at radius 3 is 1.32 bits per heavy atom. The number of benzene rings is 4. The summed E-state index contributed by atoms with van der Waals surface area (Å²) in [6.45, 7) is 0. The molecule has 0 aliphatic heterocycles. The molecule has 1 aliphatic carbocycles. The minimum Gasteiger partial charge on any atom is -0.508 e. The lowest BCUT2D eigenvalue weighted by atomic mass is 9.72. The Labute approximate surface area is 217 Å². The molecular weight excluding hydrogens is 472 g/mol. The summed E-state index contributed by atoms with van der Waals surface area (Å²) in [5.74, 6) is -0.0692. The number of aromatic hydroxyl groups is 2. The van der Waals surface area contributed by atoms with Gasteiger partial charge < -0.3 is 20.2 Å². The Balaban J connectivity index is 1.61. The van der Waals surface area contributed by atoms with Gasteiger partial charge >= 0.3 is 0 Å². The highest BCUT2D eigenvalue weighted by Gasteiger charge is 2.39. The minimum atomic E-state index is -0.215. The van der Waals surface area contributed by atoms with E-state index in [0.717, 1.165) is 55.4 Å². The average Bonchev–Trinajstić information content (AvgIpc) is 3.50. The lowest BCUT2D eigenvalue weighted by Crippen LogP contribution is -2.19. The first-order valence-corrected chi connectivity index (χ1v) is 12.2. The zero-order valence-corrected chi connectivity index (χ0v) is 20.0. The number of nitrogens with one attached hydrogen (secondary N) is 2. The molecule has 4 N–H and O–H groups in total. The Morgan fingerprint density at radius 2 is 0.947 bits per heavy atom. The molecule has 0 bridgehead atoms. The Hall–Kier alpha value is -5.46. The molecule has 7 rings (SSSR count). The first-order chi connectivity index (χ1) is 18.6. The molecule has 6 nitrogen and oxygen atoms in total. The quantitative estimate of drug-likeness (QED) is 0.221. The second kappa shape index (κ2) is 8.03. The fraction of sp³-hybridized carbons (Fsp3) is 0.0625. The summed E-state index contributed by atoms with van der Waals surface area (Å²) in [4.78, 5) is 7.30. The number of phenols is 2. The van der Waals surface area contributed by atoms with Gasteiger partial charge in [0.15, 0.2) is 0 Å². The maximum Gasteiger partial charge on any atom is 0.116 e. The highest BCUT2D eigenvalue weighted by molar-refractivity contribution is 5.94. The number of hydrogen-bond donors (Lipinski definition) is 4. The van der Waals surface area contributed by atoms with Crippen LogP contribution in [0.4, 0.5) is 0 Å². The minimum absolute atomic E-state index is 0.181. The van der Waals surface area contributed by atoms with Crippen LogP contribution >= 0.6 is 0 Å². The third kappa shape index (κ3) is 3.11. The summed E-state index contributed by atoms with van der Waals surface area (Å²) >= 11 is 0. The summed E-state index contributed by atoms with van der Waals surface area (Å²) in [5, 5.41) is 41.5. The highest BCUT2D eigenvalue weighted by atomic mass is 16.3. The predicted octanol–water partition coefficient (Wildman–Crippen LogP) is 6.48. The lowest BCUT2D eigenvalue weighted by molar-refractivity contribution is 0.475. The third-order valence-corrected chi connectivity index (χ3v) is 7.61. The largest absolute Gasteiger partial charge is 0.508 e. The van der Waals surface area contributed by atoms with Gasteiger partial charge in [0.1, 0.15) is 11.5 Å². The van der Waals surface area contributed by atoms with E-state index in [1.165, 1.54) is 0 Å². The molecule has 38 heavy (non-hydrogen) atoms. The molecule has 4 aromatic carbocycles. The average molecular weight is 493 g/mol. The second-order valence-corrected chi connectivity index (χ2v) is 9.70. The van der Waals surface area contributed by atoms with Crippen LogP contribution in [-0.2, 0) is 0 Å². The van der Waals surface area contributed by atoms with Crippen molar-refractivity contribution >= 4 is 21.8 Å². The van der Waals surface area contributed by atoms with E-state index in [2.05, 4.69) is 22.1 Å². The maximum atomic E-state index is 10.4. The fourth-order valence-corrected chi connectivity index (χ4v) is 5.98. The molecule has 2 unspecified atom stereocenters. The number of H-pyrrole nitrogens is 2. The Morgan fingerprint density at radius 1 is 0.553 bits per heavy atom. The number of aromatic nitrogens is 2. The molecule has 2 aromatic heterocycles. The monoisotopic (exact) mass is 492 g/mol. The van der Waals surface area contributed by atoms with E-state index in [-0.39, 0.29) is 23.3 Å². The highest BCUT2D eigenvalue weighted by Crippen LogP contribution is 2.53. The molecule has 0 amide bonds. The van der Waals surface area contributed by atoms with Gasteiger partial charge in [-0.3, -0.25) is 0 Å². The van der Waals surface area contributed by atoms with Crippen LogP contribution < -0.4 is 0 Å². The van der Waals surface area contributed by atoms with Crippen LogP contribution in [0.25, 0.3) is 21.8 Å². The van der Waals surface area contributed by atoms with Crippen molar-refractivity contribution in [2.45, 2.75) is 11.8 Å². The summed E-state index contributed by atoms with van der Waals surface area (Å²) in [7, 11) is 0. The van der Waals surface area contributed by atoms with Gasteiger partial charge in [-0.05, 0) is 82.9 Å². The molecular formula is C32H20N4O2. The number of fused-ring (bicyclic) bond motifs is 6. The van der Waals surface area contributed by atoms with E-state index in [1.54, 1.807) is 24.3 Å². The van der Waals surface area contributed by atoms with Crippen LogP contribution in [0.1, 0.15) is 56.6 Å². The Bertz CT molecular complexity index is 1820. The van der Waals surface area contributed by atoms with E-state index >= 15 is 0 Å². The van der Waals surface area contributed by atoms with Crippen molar-refractivity contribution in [1.82, 2.24) is 9.97 Å². The van der Waals surface area contributed by atoms with Gasteiger partial charge in [-0.2, -0.15) is 10.5 Å². The maximum absolute atomic E-state index is 10.4. The number of aromatic amines is 2. The van der Waals surface area contributed by atoms with E-state index in [9.17, 15) is 20.7 Å². The number of nitriles is 2. The SMILES string of the molecule is N#Cc1ccc(C2c3[nH]c4ccc(O)cc4c3C(c3ccc(C#N)cc3)c3[nH]c4ccc(O)cc4c32)cc1. The van der Waals surface area contributed by atoms with Crippen molar-refractivity contribution in [3.63, 3.8) is 0 Å². The van der Waals surface area contributed by atoms with E-state index in [4.69, 9.17) is 0 Å². The van der Waals surface area contributed by atoms with Crippen LogP contribution in [0.2, 0.25) is 0 Å². The van der Waals surface area contributed by atoms with Crippen molar-refractivity contribution in [2.75, 3.05) is 0 Å². The smallest absolute Gasteiger partial charge is 0.116 e. The van der Waals surface area contributed by atoms with Crippen molar-refractivity contribution < 1.29 is 10.2 Å². The van der Waals surface area contributed by atoms with Crippen LogP contribution in [0.3, 0.4) is 0 Å². The van der Waals surface area contributed by atoms with Gasteiger partial charge in [-0.15, -0.1) is 0 Å². The summed E-state index contributed by atoms with van der Waals surface area (Å²) in [6.07, 6.45) is 0. The van der Waals surface area contributed by atoms with Crippen molar-refractivity contribution in [3.05, 3.63) is 130 Å². The van der Waals surface area contributed by atoms with Gasteiger partial charge in [0.05, 0.1) is 35.1 Å². The van der Waals surface area contributed by atoms with Crippen LogP contribution in [0.15, 0.2) is 84.9 Å². The number of hydrogen-bond acceptors (Lipinski definition) is 4. The second-order valence-electron chi connectivity index (χ2n) is 9.70. The predicted molar refractivity (Wildman–Crippen MR) is 144 cm³/mol. The molecule has 0 fully saturated rings. The lowest BCUT2D eigenvalue weighted by Gasteiger charge is -2.31. The number of rotatable bonds is 2. The zero-order valence-electron chi connectivity index (χ0n) is 20.0. The van der Waals surface area contributed by atoms with Crippen molar-refractivity contribution in [1.29, 1.82) is 10.5 Å². The van der Waals surface area contributed by atoms with Crippen LogP contribution in [0, 0.1) is 22.7 Å². The number of phenolic OH excluding ortho intramolecular Hbond substituents is 2. The molecule has 6 heteroatoms. The topological polar surface area (TPSA) is 120 Å². The van der Waals surface area contributed by atoms with Gasteiger partial charge in [0.25, 0.3) is 0 Å². The van der Waals surface area contributed by atoms with E-state index in [0.29, 0.717) is 11.1 Å². The molecule has 180 valence electrons. The summed E-state index contributed by atoms with van der Waals surface area (Å²) < 4.78 is 0. The van der Waals surface area contributed by atoms with Gasteiger partial charge in [0, 0.05) is 33.2 Å². The molecule has 0 saturated heterocycles. The molecule has 0 saturated carbocycles. The van der Waals surface area contributed by atoms with Crippen molar-refractivity contribution in [3.8, 4) is 23.6 Å². The zero-order chi connectivity index (χ0) is 26.0. The first-order valence-electron chi connectivity index (χ1n) is 12.2. The standard InChI is InChI=1S/C32H20N4O2/c33-15-17-1-5-19(6-2-17)27-29-23-13-21(37)9-11-25(23)36-32(29)28(20-7-3-18(16-34)4-8-20)30-24-14-22(38)10-12-26(24)35-31(27)30/h1-14,27-28,35-38H. The normalized spacial score (nSPS) is 16.1. The van der Waals surface area contributed by atoms with Crippen LogP contribution in [-0.4, -0.2) is 20.2 Å². The molecule has 2 atom stereocenters. The van der Waals surface area contributed by atoms with Crippen molar-refractivity contribution in [2.24, 2.45) is 0 Å². The molecule has 0 radical (unpaired) electrons. The number of nitrogens with zero attached hydrogens (tertiary/aromatic N) is 2.